The highest BCUT2D eigenvalue weighted by Crippen LogP contribution is 2.34. The number of rotatable bonds is 7. The first-order valence-corrected chi connectivity index (χ1v) is 8.63. The molecular weight excluding hydrogens is 362 g/mol. The first-order valence-electron chi connectivity index (χ1n) is 8.63. The maximum atomic E-state index is 15.1. The molecule has 0 radical (unpaired) electrons. The molecule has 4 nitrogen and oxygen atoms in total. The SMILES string of the molecule is O=C(NNC(c1ccccc1)C(F)(F)C(=O)c1ccccc1)c1ccccc1. The Morgan fingerprint density at radius 1 is 0.714 bits per heavy atom. The van der Waals surface area contributed by atoms with Crippen LogP contribution in [0.1, 0.15) is 32.3 Å². The second kappa shape index (κ2) is 8.54. The number of benzene rings is 3. The van der Waals surface area contributed by atoms with Gasteiger partial charge < -0.3 is 0 Å². The maximum absolute atomic E-state index is 15.1. The van der Waals surface area contributed by atoms with Gasteiger partial charge in [-0.2, -0.15) is 8.78 Å². The summed E-state index contributed by atoms with van der Waals surface area (Å²) in [5, 5.41) is 0. The predicted molar refractivity (Wildman–Crippen MR) is 102 cm³/mol. The largest absolute Gasteiger partial charge is 0.330 e. The Kier molecular flexibility index (Phi) is 5.91. The molecule has 0 spiro atoms. The van der Waals surface area contributed by atoms with E-state index in [1.165, 1.54) is 36.4 Å². The van der Waals surface area contributed by atoms with Crippen LogP contribution in [0.3, 0.4) is 0 Å². The van der Waals surface area contributed by atoms with Crippen molar-refractivity contribution in [3.05, 3.63) is 108 Å². The van der Waals surface area contributed by atoms with Crippen LogP contribution in [0.2, 0.25) is 0 Å². The summed E-state index contributed by atoms with van der Waals surface area (Å²) in [4.78, 5) is 24.7. The van der Waals surface area contributed by atoms with E-state index < -0.39 is 23.7 Å². The van der Waals surface area contributed by atoms with Crippen LogP contribution in [0.5, 0.6) is 0 Å². The lowest BCUT2D eigenvalue weighted by molar-refractivity contribution is -0.0194. The fourth-order valence-corrected chi connectivity index (χ4v) is 2.74. The highest BCUT2D eigenvalue weighted by atomic mass is 19.3. The average Bonchev–Trinajstić information content (AvgIpc) is 2.75. The minimum absolute atomic E-state index is 0.107. The zero-order valence-corrected chi connectivity index (χ0v) is 14.8. The highest BCUT2D eigenvalue weighted by molar-refractivity contribution is 6.02. The van der Waals surface area contributed by atoms with E-state index in [9.17, 15) is 9.59 Å². The topological polar surface area (TPSA) is 58.2 Å². The number of halogens is 2. The zero-order chi connectivity index (χ0) is 20.0. The van der Waals surface area contributed by atoms with Crippen LogP contribution in [-0.2, 0) is 0 Å². The number of hydrogen-bond donors (Lipinski definition) is 2. The lowest BCUT2D eigenvalue weighted by atomic mass is 9.94. The first-order chi connectivity index (χ1) is 13.5. The minimum Gasteiger partial charge on any atom is -0.287 e. The van der Waals surface area contributed by atoms with Crippen LogP contribution < -0.4 is 10.9 Å². The molecule has 2 N–H and O–H groups in total. The van der Waals surface area contributed by atoms with Crippen molar-refractivity contribution in [3.8, 4) is 0 Å². The molecule has 0 aliphatic heterocycles. The summed E-state index contributed by atoms with van der Waals surface area (Å²) < 4.78 is 30.3. The van der Waals surface area contributed by atoms with E-state index in [2.05, 4.69) is 10.9 Å². The van der Waals surface area contributed by atoms with Gasteiger partial charge in [-0.3, -0.25) is 15.0 Å². The van der Waals surface area contributed by atoms with Gasteiger partial charge in [0.2, 0.25) is 5.78 Å². The smallest absolute Gasteiger partial charge is 0.287 e. The van der Waals surface area contributed by atoms with E-state index >= 15 is 8.78 Å². The van der Waals surface area contributed by atoms with E-state index in [1.807, 2.05) is 0 Å². The third kappa shape index (κ3) is 4.29. The summed E-state index contributed by atoms with van der Waals surface area (Å²) >= 11 is 0. The van der Waals surface area contributed by atoms with E-state index in [0.717, 1.165) is 0 Å². The van der Waals surface area contributed by atoms with Crippen LogP contribution in [0.15, 0.2) is 91.0 Å². The summed E-state index contributed by atoms with van der Waals surface area (Å²) in [6.07, 6.45) is 0. The molecule has 0 bridgehead atoms. The molecular formula is C22H18F2N2O2. The Hall–Kier alpha value is -3.38. The Balaban J connectivity index is 1.87. The molecule has 142 valence electrons. The van der Waals surface area contributed by atoms with Crippen molar-refractivity contribution in [2.75, 3.05) is 0 Å². The summed E-state index contributed by atoms with van der Waals surface area (Å²) in [6, 6.07) is 21.6. The van der Waals surface area contributed by atoms with Crippen LogP contribution in [-0.4, -0.2) is 17.6 Å². The number of carbonyl (C=O) groups is 2. The van der Waals surface area contributed by atoms with E-state index in [0.29, 0.717) is 5.56 Å². The van der Waals surface area contributed by atoms with Crippen LogP contribution >= 0.6 is 0 Å². The summed E-state index contributed by atoms with van der Waals surface area (Å²) in [6.45, 7) is 0. The van der Waals surface area contributed by atoms with E-state index in [4.69, 9.17) is 0 Å². The molecule has 0 saturated heterocycles. The minimum atomic E-state index is -3.80. The molecule has 6 heteroatoms. The highest BCUT2D eigenvalue weighted by Gasteiger charge is 2.48. The van der Waals surface area contributed by atoms with Gasteiger partial charge in [-0.15, -0.1) is 0 Å². The van der Waals surface area contributed by atoms with Gasteiger partial charge in [0.25, 0.3) is 5.91 Å². The van der Waals surface area contributed by atoms with Crippen molar-refractivity contribution in [2.45, 2.75) is 12.0 Å². The van der Waals surface area contributed by atoms with Crippen molar-refractivity contribution in [1.82, 2.24) is 10.9 Å². The van der Waals surface area contributed by atoms with Gasteiger partial charge in [-0.25, -0.2) is 5.43 Å². The molecule has 0 aliphatic carbocycles. The van der Waals surface area contributed by atoms with Gasteiger partial charge in [0.05, 0.1) is 0 Å². The Bertz CT molecular complexity index is 933. The second-order valence-corrected chi connectivity index (χ2v) is 6.13. The molecule has 0 saturated carbocycles. The molecule has 0 heterocycles. The van der Waals surface area contributed by atoms with Gasteiger partial charge in [0.15, 0.2) is 0 Å². The number of hydrazine groups is 1. The standard InChI is InChI=1S/C22H18F2N2O2/c23-22(24,20(27)17-12-6-2-7-13-17)19(16-10-4-1-5-11-16)25-26-21(28)18-14-8-3-9-15-18/h1-15,19,25H,(H,26,28). The van der Waals surface area contributed by atoms with Gasteiger partial charge in [-0.1, -0.05) is 78.9 Å². The third-order valence-corrected chi connectivity index (χ3v) is 4.20. The van der Waals surface area contributed by atoms with Gasteiger partial charge >= 0.3 is 5.92 Å². The van der Waals surface area contributed by atoms with Crippen molar-refractivity contribution >= 4 is 11.7 Å². The fraction of sp³-hybridized carbons (Fsp3) is 0.0909. The molecule has 0 aliphatic rings. The average molecular weight is 380 g/mol. The molecule has 3 rings (SSSR count). The van der Waals surface area contributed by atoms with Crippen LogP contribution in [0, 0.1) is 0 Å². The Labute approximate surface area is 161 Å². The van der Waals surface area contributed by atoms with Crippen LogP contribution in [0.25, 0.3) is 0 Å². The summed E-state index contributed by atoms with van der Waals surface area (Å²) in [5.74, 6) is -5.71. The van der Waals surface area contributed by atoms with E-state index in [1.54, 1.807) is 54.6 Å². The number of hydrogen-bond acceptors (Lipinski definition) is 3. The molecule has 28 heavy (non-hydrogen) atoms. The summed E-state index contributed by atoms with van der Waals surface area (Å²) in [5.41, 5.74) is 5.01. The van der Waals surface area contributed by atoms with E-state index in [-0.39, 0.29) is 11.1 Å². The monoisotopic (exact) mass is 380 g/mol. The van der Waals surface area contributed by atoms with Crippen molar-refractivity contribution in [1.29, 1.82) is 0 Å². The first kappa shape index (κ1) is 19.4. The molecule has 1 atom stereocenters. The quantitative estimate of drug-likeness (QED) is 0.478. The number of carbonyl (C=O) groups excluding carboxylic acids is 2. The Morgan fingerprint density at radius 2 is 1.18 bits per heavy atom. The number of amides is 1. The van der Waals surface area contributed by atoms with Crippen molar-refractivity contribution in [3.63, 3.8) is 0 Å². The fourth-order valence-electron chi connectivity index (χ4n) is 2.74. The van der Waals surface area contributed by atoms with Crippen molar-refractivity contribution < 1.29 is 18.4 Å². The number of alkyl halides is 2. The second-order valence-electron chi connectivity index (χ2n) is 6.13. The van der Waals surface area contributed by atoms with Crippen molar-refractivity contribution in [2.24, 2.45) is 0 Å². The lowest BCUT2D eigenvalue weighted by Gasteiger charge is -2.27. The number of ketones is 1. The predicted octanol–water partition coefficient (Wildman–Crippen LogP) is 4.18. The van der Waals surface area contributed by atoms with Crippen LogP contribution in [0.4, 0.5) is 8.78 Å². The molecule has 1 unspecified atom stereocenters. The lowest BCUT2D eigenvalue weighted by Crippen LogP contribution is -2.50. The molecule has 0 aromatic heterocycles. The van der Waals surface area contributed by atoms with Gasteiger partial charge in [-0.05, 0) is 17.7 Å². The number of Topliss-reactive ketones (excluding diaryl/α,β-unsaturated/α-hetero) is 1. The maximum Gasteiger partial charge on any atom is 0.330 e. The number of nitrogens with one attached hydrogen (secondary N) is 2. The molecule has 1 amide bonds. The molecule has 3 aromatic rings. The molecule has 0 fully saturated rings. The zero-order valence-electron chi connectivity index (χ0n) is 14.8. The Morgan fingerprint density at radius 3 is 1.71 bits per heavy atom. The molecule has 3 aromatic carbocycles. The van der Waals surface area contributed by atoms with Gasteiger partial charge in [0, 0.05) is 11.1 Å². The van der Waals surface area contributed by atoms with Gasteiger partial charge in [0.1, 0.15) is 6.04 Å². The summed E-state index contributed by atoms with van der Waals surface area (Å²) in [7, 11) is 0. The third-order valence-electron chi connectivity index (χ3n) is 4.20. The normalized spacial score (nSPS) is 12.2.